The van der Waals surface area contributed by atoms with Crippen LogP contribution in [0.25, 0.3) is 0 Å². The summed E-state index contributed by atoms with van der Waals surface area (Å²) in [5.41, 5.74) is 0. The van der Waals surface area contributed by atoms with Crippen molar-refractivity contribution >= 4 is 17.9 Å². The molecule has 5 heteroatoms. The largest absolute Gasteiger partial charge is 0.719 e. The molecule has 0 bridgehead atoms. The van der Waals surface area contributed by atoms with Gasteiger partial charge in [0.2, 0.25) is 0 Å². The number of nitrogens with zero attached hydrogens (tertiary/aromatic N) is 1. The van der Waals surface area contributed by atoms with Crippen LogP contribution in [0.3, 0.4) is 0 Å². The van der Waals surface area contributed by atoms with Gasteiger partial charge in [0.1, 0.15) is 11.3 Å². The van der Waals surface area contributed by atoms with Gasteiger partial charge in [-0.05, 0) is 6.42 Å². The Balaban J connectivity index is 2.14. The van der Waals surface area contributed by atoms with Gasteiger partial charge in [0.05, 0.1) is 18.8 Å². The Morgan fingerprint density at radius 3 is 3.08 bits per heavy atom. The fourth-order valence-corrected chi connectivity index (χ4v) is 2.17. The molecular weight excluding hydrogens is 178 g/mol. The number of hydrogen-bond acceptors (Lipinski definition) is 4. The van der Waals surface area contributed by atoms with Crippen molar-refractivity contribution in [3.8, 4) is 0 Å². The van der Waals surface area contributed by atoms with Crippen LogP contribution in [0.2, 0.25) is 0 Å². The maximum Gasteiger partial charge on any atom is 0.101 e. The summed E-state index contributed by atoms with van der Waals surface area (Å²) >= 11 is 4.54. The summed E-state index contributed by atoms with van der Waals surface area (Å²) in [6.45, 7) is 0.948. The van der Waals surface area contributed by atoms with E-state index >= 15 is 0 Å². The molecule has 2 fully saturated rings. The van der Waals surface area contributed by atoms with E-state index in [0.717, 1.165) is 6.42 Å². The van der Waals surface area contributed by atoms with Crippen LogP contribution in [0.1, 0.15) is 6.42 Å². The second-order valence-corrected chi connectivity index (χ2v) is 3.53. The Labute approximate surface area is 75.9 Å². The number of hydrogen-bond donors (Lipinski definition) is 1. The van der Waals surface area contributed by atoms with E-state index in [9.17, 15) is 9.90 Å². The zero-order valence-electron chi connectivity index (χ0n) is 6.47. The van der Waals surface area contributed by atoms with Crippen molar-refractivity contribution in [3.05, 3.63) is 0 Å². The average Bonchev–Trinajstić information content (AvgIpc) is 2.53. The molecule has 2 heterocycles. The quantitative estimate of drug-likeness (QED) is 0.520. The molecule has 4 nitrogen and oxygen atoms in total. The number of aliphatic hydroxyl groups is 1. The second-order valence-electron chi connectivity index (χ2n) is 3.18. The summed E-state index contributed by atoms with van der Waals surface area (Å²) in [6, 6.07) is -0.185. The third kappa shape index (κ3) is 1.09. The van der Waals surface area contributed by atoms with E-state index in [0.29, 0.717) is 13.2 Å². The number of rotatable bonds is 0. The Bertz CT molecular complexity index is 211. The lowest BCUT2D eigenvalue weighted by Gasteiger charge is -2.28. The van der Waals surface area contributed by atoms with Gasteiger partial charge in [0, 0.05) is 6.54 Å². The fourth-order valence-electron chi connectivity index (χ4n) is 1.96. The highest BCUT2D eigenvalue weighted by Gasteiger charge is 2.44. The first-order valence-corrected chi connectivity index (χ1v) is 4.38. The number of amides is 1. The van der Waals surface area contributed by atoms with Crippen LogP contribution in [-0.2, 0) is 17.4 Å². The van der Waals surface area contributed by atoms with Gasteiger partial charge in [-0.25, -0.2) is 0 Å². The lowest BCUT2D eigenvalue weighted by Crippen LogP contribution is -2.42. The van der Waals surface area contributed by atoms with Crippen LogP contribution in [0.4, 0.5) is 4.79 Å². The number of likely N-dealkylation sites (tertiary alicyclic amines) is 1. The first kappa shape index (κ1) is 8.22. The normalized spacial score (nSPS) is 40.1. The molecule has 0 aliphatic carbocycles. The van der Waals surface area contributed by atoms with E-state index in [4.69, 9.17) is 4.74 Å². The molecule has 0 aromatic rings. The smallest absolute Gasteiger partial charge is 0.101 e. The molecule has 2 aliphatic heterocycles. The molecule has 12 heavy (non-hydrogen) atoms. The van der Waals surface area contributed by atoms with Crippen molar-refractivity contribution in [2.75, 3.05) is 13.2 Å². The van der Waals surface area contributed by atoms with E-state index in [1.54, 1.807) is 0 Å². The number of ether oxygens (including phenoxy) is 1. The first-order valence-electron chi connectivity index (χ1n) is 3.97. The van der Waals surface area contributed by atoms with Gasteiger partial charge in [-0.1, -0.05) is 0 Å². The molecule has 2 rings (SSSR count). The van der Waals surface area contributed by atoms with Gasteiger partial charge >= 0.3 is 0 Å². The average molecular weight is 188 g/mol. The first-order chi connectivity index (χ1) is 5.70. The molecule has 1 amide bonds. The molecule has 68 valence electrons. The molecule has 2 aliphatic rings. The second kappa shape index (κ2) is 2.83. The van der Waals surface area contributed by atoms with Gasteiger partial charge in [0.15, 0.2) is 0 Å². The molecule has 0 radical (unpaired) electrons. The standard InChI is InChI=1S/C7H11NO3S/c9-4-3-11-5-1-2-8(6(4)5)7(10)12/h4-6,9H,1-3H2,(H,10,12)/p-1. The minimum atomic E-state index is -0.551. The van der Waals surface area contributed by atoms with E-state index in [-0.39, 0.29) is 17.4 Å². The van der Waals surface area contributed by atoms with Crippen LogP contribution in [0.15, 0.2) is 0 Å². The summed E-state index contributed by atoms with van der Waals surface area (Å²) in [5.74, 6) is 0. The zero-order valence-corrected chi connectivity index (χ0v) is 7.29. The summed E-state index contributed by atoms with van der Waals surface area (Å²) in [7, 11) is 0. The van der Waals surface area contributed by atoms with Crippen molar-refractivity contribution in [1.29, 1.82) is 0 Å². The van der Waals surface area contributed by atoms with Crippen LogP contribution in [0.5, 0.6) is 0 Å². The molecule has 2 saturated heterocycles. The summed E-state index contributed by atoms with van der Waals surface area (Å²) in [6.07, 6.45) is 0.251. The molecule has 0 aromatic heterocycles. The Hall–Kier alpha value is -0.390. The van der Waals surface area contributed by atoms with Crippen molar-refractivity contribution in [2.24, 2.45) is 0 Å². The minimum absolute atomic E-state index is 0.00639. The Morgan fingerprint density at radius 1 is 1.67 bits per heavy atom. The van der Waals surface area contributed by atoms with Crippen LogP contribution in [-0.4, -0.2) is 46.6 Å². The van der Waals surface area contributed by atoms with E-state index < -0.39 is 6.10 Å². The zero-order chi connectivity index (χ0) is 8.72. The van der Waals surface area contributed by atoms with Gasteiger partial charge in [-0.3, -0.25) is 0 Å². The lowest BCUT2D eigenvalue weighted by atomic mass is 10.1. The maximum absolute atomic E-state index is 10.9. The maximum atomic E-state index is 10.9. The summed E-state index contributed by atoms with van der Waals surface area (Å²) in [5, 5.41) is 9.07. The Morgan fingerprint density at radius 2 is 2.42 bits per heavy atom. The minimum Gasteiger partial charge on any atom is -0.719 e. The third-order valence-corrected chi connectivity index (χ3v) is 2.74. The van der Waals surface area contributed by atoms with Crippen molar-refractivity contribution in [3.63, 3.8) is 0 Å². The molecule has 1 N–H and O–H groups in total. The topological polar surface area (TPSA) is 49.8 Å². The van der Waals surface area contributed by atoms with Crippen molar-refractivity contribution in [1.82, 2.24) is 4.90 Å². The van der Waals surface area contributed by atoms with Crippen LogP contribution < -0.4 is 0 Å². The predicted molar refractivity (Wildman–Crippen MR) is 43.6 cm³/mol. The highest BCUT2D eigenvalue weighted by atomic mass is 32.1. The number of carbonyl (C=O) groups excluding carboxylic acids is 1. The van der Waals surface area contributed by atoms with Gasteiger partial charge in [-0.2, -0.15) is 0 Å². The highest BCUT2D eigenvalue weighted by molar-refractivity contribution is 7.76. The lowest BCUT2D eigenvalue weighted by molar-refractivity contribution is 0.0849. The van der Waals surface area contributed by atoms with E-state index in [1.165, 1.54) is 4.90 Å². The van der Waals surface area contributed by atoms with E-state index in [1.807, 2.05) is 0 Å². The molecule has 3 unspecified atom stereocenters. The summed E-state index contributed by atoms with van der Waals surface area (Å²) < 4.78 is 5.28. The van der Waals surface area contributed by atoms with Crippen LogP contribution >= 0.6 is 0 Å². The third-order valence-electron chi connectivity index (χ3n) is 2.51. The Kier molecular flexibility index (Phi) is 1.94. The van der Waals surface area contributed by atoms with E-state index in [2.05, 4.69) is 12.6 Å². The number of fused-ring (bicyclic) bond motifs is 1. The van der Waals surface area contributed by atoms with Crippen molar-refractivity contribution in [2.45, 2.75) is 24.7 Å². The highest BCUT2D eigenvalue weighted by Crippen LogP contribution is 2.29. The predicted octanol–water partition coefficient (Wildman–Crippen LogP) is -0.513. The van der Waals surface area contributed by atoms with Gasteiger partial charge < -0.3 is 32.2 Å². The number of carbonyl (C=O) groups is 1. The van der Waals surface area contributed by atoms with Crippen LogP contribution in [0, 0.1) is 0 Å². The SMILES string of the molecule is O=C([S-])N1CCC2OCC(O)C21. The van der Waals surface area contributed by atoms with Gasteiger partial charge in [-0.15, -0.1) is 0 Å². The number of aliphatic hydroxyl groups excluding tert-OH is 1. The molecule has 0 spiro atoms. The summed E-state index contributed by atoms with van der Waals surface area (Å²) in [4.78, 5) is 12.4. The fraction of sp³-hybridized carbons (Fsp3) is 0.857. The molecular formula is C7H10NO3S-. The molecule has 0 saturated carbocycles. The van der Waals surface area contributed by atoms with Crippen molar-refractivity contribution < 1.29 is 14.6 Å². The molecule has 0 aromatic carbocycles. The molecule has 3 atom stereocenters. The van der Waals surface area contributed by atoms with Gasteiger partial charge in [0.25, 0.3) is 0 Å². The monoisotopic (exact) mass is 188 g/mol.